The summed E-state index contributed by atoms with van der Waals surface area (Å²) >= 11 is 0. The van der Waals surface area contributed by atoms with E-state index in [9.17, 15) is 4.79 Å². The number of carbonyl (C=O) groups is 1. The lowest BCUT2D eigenvalue weighted by Crippen LogP contribution is -2.50. The number of rotatable bonds is 6. The summed E-state index contributed by atoms with van der Waals surface area (Å²) in [5, 5.41) is 3.02. The zero-order valence-corrected chi connectivity index (χ0v) is 13.3. The van der Waals surface area contributed by atoms with Gasteiger partial charge in [-0.2, -0.15) is 0 Å². The van der Waals surface area contributed by atoms with E-state index in [1.807, 2.05) is 30.3 Å². The van der Waals surface area contributed by atoms with Crippen LogP contribution in [0.2, 0.25) is 0 Å². The molecule has 1 rings (SSSR count). The molecule has 0 aliphatic carbocycles. The third-order valence-electron chi connectivity index (χ3n) is 4.06. The Morgan fingerprint density at radius 1 is 1.15 bits per heavy atom. The van der Waals surface area contributed by atoms with Gasteiger partial charge in [-0.15, -0.1) is 0 Å². The number of hydrogen-bond acceptors (Lipinski definition) is 2. The Morgan fingerprint density at radius 3 is 2.10 bits per heavy atom. The average molecular weight is 276 g/mol. The van der Waals surface area contributed by atoms with E-state index in [1.54, 1.807) is 6.92 Å². The lowest BCUT2D eigenvalue weighted by atomic mass is 9.85. The van der Waals surface area contributed by atoms with Crippen molar-refractivity contribution in [1.29, 1.82) is 0 Å². The Morgan fingerprint density at radius 2 is 1.65 bits per heavy atom. The molecule has 1 aromatic carbocycles. The molecule has 1 unspecified atom stereocenters. The van der Waals surface area contributed by atoms with Crippen molar-refractivity contribution in [3.63, 3.8) is 0 Å². The number of hydrogen-bond donors (Lipinski definition) is 2. The van der Waals surface area contributed by atoms with E-state index < -0.39 is 5.54 Å². The van der Waals surface area contributed by atoms with Gasteiger partial charge in [-0.05, 0) is 30.2 Å². The molecule has 0 fully saturated rings. The first-order chi connectivity index (χ1) is 9.26. The first-order valence-electron chi connectivity index (χ1n) is 7.39. The molecule has 0 bridgehead atoms. The standard InChI is InChI=1S/C17H28N2O/c1-12(2)15(13(3)4)11-19-16(20)17(5,18)14-9-7-6-8-10-14/h6-10,12-13,15H,11,18H2,1-5H3,(H,19,20). The molecule has 0 heterocycles. The van der Waals surface area contributed by atoms with Gasteiger partial charge in [0.05, 0.1) is 0 Å². The van der Waals surface area contributed by atoms with Crippen molar-refractivity contribution in [2.45, 2.75) is 40.2 Å². The van der Waals surface area contributed by atoms with Crippen molar-refractivity contribution in [1.82, 2.24) is 5.32 Å². The van der Waals surface area contributed by atoms with Crippen LogP contribution >= 0.6 is 0 Å². The summed E-state index contributed by atoms with van der Waals surface area (Å²) in [6.07, 6.45) is 0. The minimum atomic E-state index is -0.986. The van der Waals surface area contributed by atoms with Gasteiger partial charge in [-0.25, -0.2) is 0 Å². The fraction of sp³-hybridized carbons (Fsp3) is 0.588. The first-order valence-corrected chi connectivity index (χ1v) is 7.39. The number of amides is 1. The number of nitrogens with one attached hydrogen (secondary N) is 1. The van der Waals surface area contributed by atoms with Crippen LogP contribution in [0.25, 0.3) is 0 Å². The van der Waals surface area contributed by atoms with Gasteiger partial charge < -0.3 is 11.1 Å². The van der Waals surface area contributed by atoms with Crippen LogP contribution in [-0.4, -0.2) is 12.5 Å². The highest BCUT2D eigenvalue weighted by Gasteiger charge is 2.31. The summed E-state index contributed by atoms with van der Waals surface area (Å²) in [6, 6.07) is 9.51. The fourth-order valence-electron chi connectivity index (χ4n) is 2.55. The number of carbonyl (C=O) groups excluding carboxylic acids is 1. The highest BCUT2D eigenvalue weighted by atomic mass is 16.2. The Hall–Kier alpha value is -1.35. The summed E-state index contributed by atoms with van der Waals surface area (Å²) in [5.41, 5.74) is 6.06. The van der Waals surface area contributed by atoms with Gasteiger partial charge in [0.1, 0.15) is 5.54 Å². The predicted octanol–water partition coefficient (Wildman–Crippen LogP) is 2.90. The number of nitrogens with two attached hydrogens (primary N) is 1. The van der Waals surface area contributed by atoms with Crippen LogP contribution in [0.4, 0.5) is 0 Å². The molecule has 3 nitrogen and oxygen atoms in total. The second-order valence-corrected chi connectivity index (χ2v) is 6.43. The summed E-state index contributed by atoms with van der Waals surface area (Å²) in [6.45, 7) is 11.2. The van der Waals surface area contributed by atoms with Gasteiger partial charge in [0.15, 0.2) is 0 Å². The van der Waals surface area contributed by atoms with Gasteiger partial charge in [0.25, 0.3) is 0 Å². The van der Waals surface area contributed by atoms with Crippen molar-refractivity contribution < 1.29 is 4.79 Å². The zero-order valence-electron chi connectivity index (χ0n) is 13.3. The van der Waals surface area contributed by atoms with Crippen molar-refractivity contribution >= 4 is 5.91 Å². The van der Waals surface area contributed by atoms with E-state index in [4.69, 9.17) is 5.73 Å². The quantitative estimate of drug-likeness (QED) is 0.839. The lowest BCUT2D eigenvalue weighted by molar-refractivity contribution is -0.126. The van der Waals surface area contributed by atoms with Gasteiger partial charge in [-0.3, -0.25) is 4.79 Å². The van der Waals surface area contributed by atoms with E-state index >= 15 is 0 Å². The van der Waals surface area contributed by atoms with Crippen molar-refractivity contribution in [3.05, 3.63) is 35.9 Å². The molecule has 0 saturated carbocycles. The maximum atomic E-state index is 12.4. The molecule has 0 radical (unpaired) electrons. The predicted molar refractivity (Wildman–Crippen MR) is 84.2 cm³/mol. The average Bonchev–Trinajstić information content (AvgIpc) is 2.38. The smallest absolute Gasteiger partial charge is 0.244 e. The monoisotopic (exact) mass is 276 g/mol. The Balaban J connectivity index is 2.71. The second-order valence-electron chi connectivity index (χ2n) is 6.43. The molecule has 0 aliphatic heterocycles. The molecular weight excluding hydrogens is 248 g/mol. The normalized spacial score (nSPS) is 14.7. The summed E-state index contributed by atoms with van der Waals surface area (Å²) in [4.78, 5) is 12.4. The molecule has 20 heavy (non-hydrogen) atoms. The molecule has 3 N–H and O–H groups in total. The molecular formula is C17H28N2O. The molecule has 3 heteroatoms. The highest BCUT2D eigenvalue weighted by molar-refractivity contribution is 5.86. The van der Waals surface area contributed by atoms with Crippen LogP contribution in [0.5, 0.6) is 0 Å². The Bertz CT molecular complexity index is 416. The molecule has 0 aromatic heterocycles. The molecule has 1 aromatic rings. The van der Waals surface area contributed by atoms with Crippen LogP contribution in [0.15, 0.2) is 30.3 Å². The maximum absolute atomic E-state index is 12.4. The summed E-state index contributed by atoms with van der Waals surface area (Å²) in [7, 11) is 0. The fourth-order valence-corrected chi connectivity index (χ4v) is 2.55. The van der Waals surface area contributed by atoms with Gasteiger partial charge in [-0.1, -0.05) is 58.0 Å². The molecule has 112 valence electrons. The molecule has 1 amide bonds. The van der Waals surface area contributed by atoms with Crippen molar-refractivity contribution in [2.24, 2.45) is 23.5 Å². The Labute approximate surface area is 122 Å². The SMILES string of the molecule is CC(C)C(CNC(=O)C(C)(N)c1ccccc1)C(C)C. The third kappa shape index (κ3) is 4.07. The Kier molecular flexibility index (Phi) is 5.75. The van der Waals surface area contributed by atoms with Crippen LogP contribution in [0.1, 0.15) is 40.2 Å². The highest BCUT2D eigenvalue weighted by Crippen LogP contribution is 2.21. The van der Waals surface area contributed by atoms with Crippen molar-refractivity contribution in [3.8, 4) is 0 Å². The largest absolute Gasteiger partial charge is 0.354 e. The minimum Gasteiger partial charge on any atom is -0.354 e. The molecule has 1 atom stereocenters. The zero-order chi connectivity index (χ0) is 15.3. The van der Waals surface area contributed by atoms with Crippen LogP contribution in [-0.2, 0) is 10.3 Å². The van der Waals surface area contributed by atoms with E-state index in [1.165, 1.54) is 0 Å². The van der Waals surface area contributed by atoms with Gasteiger partial charge in [0, 0.05) is 6.54 Å². The molecule has 0 aliphatic rings. The van der Waals surface area contributed by atoms with Crippen LogP contribution < -0.4 is 11.1 Å². The van der Waals surface area contributed by atoms with E-state index in [0.717, 1.165) is 5.56 Å². The summed E-state index contributed by atoms with van der Waals surface area (Å²) in [5.74, 6) is 1.42. The topological polar surface area (TPSA) is 55.1 Å². The summed E-state index contributed by atoms with van der Waals surface area (Å²) < 4.78 is 0. The van der Waals surface area contributed by atoms with E-state index in [-0.39, 0.29) is 5.91 Å². The van der Waals surface area contributed by atoms with Gasteiger partial charge in [0.2, 0.25) is 5.91 Å². The maximum Gasteiger partial charge on any atom is 0.244 e. The van der Waals surface area contributed by atoms with Gasteiger partial charge >= 0.3 is 0 Å². The lowest BCUT2D eigenvalue weighted by Gasteiger charge is -2.29. The van der Waals surface area contributed by atoms with Crippen molar-refractivity contribution in [2.75, 3.05) is 6.54 Å². The minimum absolute atomic E-state index is 0.116. The number of benzene rings is 1. The third-order valence-corrected chi connectivity index (χ3v) is 4.06. The second kappa shape index (κ2) is 6.89. The van der Waals surface area contributed by atoms with E-state index in [0.29, 0.717) is 24.3 Å². The molecule has 0 saturated heterocycles. The van der Waals surface area contributed by atoms with E-state index in [2.05, 4.69) is 33.0 Å². The van der Waals surface area contributed by atoms with Crippen LogP contribution in [0.3, 0.4) is 0 Å². The van der Waals surface area contributed by atoms with Crippen LogP contribution in [0, 0.1) is 17.8 Å². The first kappa shape index (κ1) is 16.7. The molecule has 0 spiro atoms.